The molecule has 3 rings (SSSR count). The number of likely N-dealkylation sites (N-methyl/N-ethyl adjacent to an activating group) is 1. The number of aromatic nitrogens is 1. The summed E-state index contributed by atoms with van der Waals surface area (Å²) < 4.78 is 11.5. The Balaban J connectivity index is 1.55. The van der Waals surface area contributed by atoms with Crippen molar-refractivity contribution >= 4 is 22.6 Å². The average molecular weight is 394 g/mol. The zero-order valence-electron chi connectivity index (χ0n) is 16.3. The van der Waals surface area contributed by atoms with Gasteiger partial charge >= 0.3 is 5.97 Å². The van der Waals surface area contributed by atoms with E-state index in [9.17, 15) is 14.4 Å². The fourth-order valence-electron chi connectivity index (χ4n) is 2.89. The van der Waals surface area contributed by atoms with Crippen LogP contribution in [0.25, 0.3) is 10.8 Å². The highest BCUT2D eigenvalue weighted by Crippen LogP contribution is 2.22. The zero-order valence-corrected chi connectivity index (χ0v) is 16.3. The topological polar surface area (TPSA) is 77.8 Å². The Morgan fingerprint density at radius 1 is 1.03 bits per heavy atom. The molecule has 0 spiro atoms. The van der Waals surface area contributed by atoms with E-state index in [1.165, 1.54) is 21.7 Å². The summed E-state index contributed by atoms with van der Waals surface area (Å²) in [6.45, 7) is -0.219. The molecule has 150 valence electrons. The van der Waals surface area contributed by atoms with E-state index in [2.05, 4.69) is 0 Å². The van der Waals surface area contributed by atoms with E-state index in [1.54, 1.807) is 26.3 Å². The SMILES string of the molecule is COc1ccc2cc(CN(C)C(=O)COC(=O)Cn3ccccc3=O)ccc2c1. The van der Waals surface area contributed by atoms with E-state index in [-0.39, 0.29) is 24.6 Å². The summed E-state index contributed by atoms with van der Waals surface area (Å²) in [7, 11) is 3.27. The molecule has 0 aliphatic carbocycles. The van der Waals surface area contributed by atoms with Gasteiger partial charge in [-0.3, -0.25) is 14.4 Å². The number of carbonyl (C=O) groups is 2. The highest BCUT2D eigenvalue weighted by atomic mass is 16.5. The molecule has 0 aliphatic heterocycles. The maximum atomic E-state index is 12.3. The molecule has 0 unspecified atom stereocenters. The van der Waals surface area contributed by atoms with Gasteiger partial charge in [0.1, 0.15) is 12.3 Å². The van der Waals surface area contributed by atoms with Crippen molar-refractivity contribution in [3.8, 4) is 5.75 Å². The Labute approximate surface area is 168 Å². The van der Waals surface area contributed by atoms with Crippen molar-refractivity contribution in [1.82, 2.24) is 9.47 Å². The highest BCUT2D eigenvalue weighted by molar-refractivity contribution is 5.85. The molecule has 29 heavy (non-hydrogen) atoms. The highest BCUT2D eigenvalue weighted by Gasteiger charge is 2.13. The number of benzene rings is 2. The van der Waals surface area contributed by atoms with Crippen LogP contribution in [0.2, 0.25) is 0 Å². The van der Waals surface area contributed by atoms with Gasteiger partial charge in [0.25, 0.3) is 11.5 Å². The molecule has 0 atom stereocenters. The molecule has 7 nitrogen and oxygen atoms in total. The number of ether oxygens (including phenoxy) is 2. The molecule has 1 amide bonds. The molecule has 2 aromatic carbocycles. The quantitative estimate of drug-likeness (QED) is 0.574. The van der Waals surface area contributed by atoms with Gasteiger partial charge in [0.05, 0.1) is 7.11 Å². The van der Waals surface area contributed by atoms with Crippen LogP contribution in [0, 0.1) is 0 Å². The number of pyridine rings is 1. The van der Waals surface area contributed by atoms with Crippen molar-refractivity contribution < 1.29 is 19.1 Å². The fraction of sp³-hybridized carbons (Fsp3) is 0.227. The molecular weight excluding hydrogens is 372 g/mol. The van der Waals surface area contributed by atoms with Crippen LogP contribution in [-0.2, 0) is 27.4 Å². The molecule has 1 aromatic heterocycles. The van der Waals surface area contributed by atoms with Gasteiger partial charge in [0.2, 0.25) is 0 Å². The molecule has 0 fully saturated rings. The first kappa shape index (κ1) is 20.1. The average Bonchev–Trinajstić information content (AvgIpc) is 2.73. The second-order valence-corrected chi connectivity index (χ2v) is 6.62. The van der Waals surface area contributed by atoms with Crippen LogP contribution in [-0.4, -0.2) is 42.1 Å². The summed E-state index contributed by atoms with van der Waals surface area (Å²) in [5.41, 5.74) is 0.655. The van der Waals surface area contributed by atoms with Crippen molar-refractivity contribution in [1.29, 1.82) is 0 Å². The van der Waals surface area contributed by atoms with Crippen LogP contribution >= 0.6 is 0 Å². The van der Waals surface area contributed by atoms with Gasteiger partial charge < -0.3 is 18.9 Å². The normalized spacial score (nSPS) is 10.6. The maximum absolute atomic E-state index is 12.3. The van der Waals surface area contributed by atoms with Crippen LogP contribution in [0.1, 0.15) is 5.56 Å². The molecule has 1 heterocycles. The largest absolute Gasteiger partial charge is 0.497 e. The third kappa shape index (κ3) is 5.22. The molecule has 3 aromatic rings. The summed E-state index contributed by atoms with van der Waals surface area (Å²) in [5, 5.41) is 2.09. The number of fused-ring (bicyclic) bond motifs is 1. The molecule has 0 N–H and O–H groups in total. The molecular formula is C22H22N2O5. The molecule has 7 heteroatoms. The van der Waals surface area contributed by atoms with Crippen LogP contribution in [0.5, 0.6) is 5.75 Å². The number of hydrogen-bond donors (Lipinski definition) is 0. The van der Waals surface area contributed by atoms with Crippen LogP contribution in [0.4, 0.5) is 0 Å². The van der Waals surface area contributed by atoms with Crippen LogP contribution in [0.3, 0.4) is 0 Å². The third-order valence-corrected chi connectivity index (χ3v) is 4.51. The second-order valence-electron chi connectivity index (χ2n) is 6.62. The zero-order chi connectivity index (χ0) is 20.8. The maximum Gasteiger partial charge on any atom is 0.326 e. The molecule has 0 radical (unpaired) electrons. The van der Waals surface area contributed by atoms with Gasteiger partial charge in [-0.25, -0.2) is 0 Å². The first-order chi connectivity index (χ1) is 14.0. The standard InChI is InChI=1S/C22H22N2O5/c1-23(13-16-6-7-18-12-19(28-2)9-8-17(18)11-16)21(26)15-29-22(27)14-24-10-4-3-5-20(24)25/h3-12H,13-15H2,1-2H3. The van der Waals surface area contributed by atoms with E-state index >= 15 is 0 Å². The van der Waals surface area contributed by atoms with Gasteiger partial charge in [-0.15, -0.1) is 0 Å². The lowest BCUT2D eigenvalue weighted by Gasteiger charge is -2.17. The summed E-state index contributed by atoms with van der Waals surface area (Å²) in [6.07, 6.45) is 1.49. The smallest absolute Gasteiger partial charge is 0.326 e. The first-order valence-electron chi connectivity index (χ1n) is 9.08. The number of nitrogens with zero attached hydrogens (tertiary/aromatic N) is 2. The number of esters is 1. The van der Waals surface area contributed by atoms with Crippen LogP contribution < -0.4 is 10.3 Å². The minimum atomic E-state index is -0.639. The Morgan fingerprint density at radius 2 is 1.79 bits per heavy atom. The first-order valence-corrected chi connectivity index (χ1v) is 9.08. The van der Waals surface area contributed by atoms with Gasteiger partial charge in [-0.2, -0.15) is 0 Å². The summed E-state index contributed by atoms with van der Waals surface area (Å²) in [4.78, 5) is 37.3. The van der Waals surface area contributed by atoms with E-state index in [1.807, 2.05) is 36.4 Å². The minimum Gasteiger partial charge on any atom is -0.497 e. The Bertz CT molecular complexity index is 1090. The Hall–Kier alpha value is -3.61. The molecule has 0 saturated carbocycles. The number of rotatable bonds is 7. The number of methoxy groups -OCH3 is 1. The van der Waals surface area contributed by atoms with E-state index in [0.717, 1.165) is 22.1 Å². The summed E-state index contributed by atoms with van der Waals surface area (Å²) in [6, 6.07) is 16.3. The number of carbonyl (C=O) groups excluding carboxylic acids is 2. The van der Waals surface area contributed by atoms with Gasteiger partial charge in [-0.1, -0.05) is 24.3 Å². The van der Waals surface area contributed by atoms with Crippen molar-refractivity contribution in [3.05, 3.63) is 76.7 Å². The Kier molecular flexibility index (Phi) is 6.29. The van der Waals surface area contributed by atoms with E-state index < -0.39 is 5.97 Å². The minimum absolute atomic E-state index is 0.231. The second kappa shape index (κ2) is 9.05. The number of hydrogen-bond acceptors (Lipinski definition) is 5. The molecule has 0 aliphatic rings. The van der Waals surface area contributed by atoms with Crippen LogP contribution in [0.15, 0.2) is 65.6 Å². The Morgan fingerprint density at radius 3 is 2.55 bits per heavy atom. The van der Waals surface area contributed by atoms with Crippen molar-refractivity contribution in [3.63, 3.8) is 0 Å². The lowest BCUT2D eigenvalue weighted by atomic mass is 10.1. The lowest BCUT2D eigenvalue weighted by molar-refractivity contribution is -0.152. The lowest BCUT2D eigenvalue weighted by Crippen LogP contribution is -2.32. The fourth-order valence-corrected chi connectivity index (χ4v) is 2.89. The molecule has 0 bridgehead atoms. The summed E-state index contributed by atoms with van der Waals surface area (Å²) in [5.74, 6) is -0.176. The van der Waals surface area contributed by atoms with E-state index in [0.29, 0.717) is 6.54 Å². The number of amides is 1. The monoisotopic (exact) mass is 394 g/mol. The van der Waals surface area contributed by atoms with Gasteiger partial charge in [0, 0.05) is 25.9 Å². The van der Waals surface area contributed by atoms with Crippen molar-refractivity contribution in [2.75, 3.05) is 20.8 Å². The van der Waals surface area contributed by atoms with Gasteiger partial charge in [0.15, 0.2) is 6.61 Å². The van der Waals surface area contributed by atoms with Gasteiger partial charge in [-0.05, 0) is 40.6 Å². The van der Waals surface area contributed by atoms with E-state index in [4.69, 9.17) is 9.47 Å². The third-order valence-electron chi connectivity index (χ3n) is 4.51. The van der Waals surface area contributed by atoms with Crippen molar-refractivity contribution in [2.24, 2.45) is 0 Å². The predicted molar refractivity (Wildman–Crippen MR) is 109 cm³/mol. The van der Waals surface area contributed by atoms with Crippen molar-refractivity contribution in [2.45, 2.75) is 13.1 Å². The predicted octanol–water partition coefficient (Wildman–Crippen LogP) is 2.21. The summed E-state index contributed by atoms with van der Waals surface area (Å²) >= 11 is 0. The molecule has 0 saturated heterocycles.